The molecule has 3 atom stereocenters. The van der Waals surface area contributed by atoms with Crippen molar-refractivity contribution in [3.63, 3.8) is 0 Å². The number of nitrogens with one attached hydrogen (secondary N) is 2. The molecule has 30 heavy (non-hydrogen) atoms. The first-order chi connectivity index (χ1) is 14.2. The van der Waals surface area contributed by atoms with Crippen molar-refractivity contribution in [3.8, 4) is 5.75 Å². The molecule has 1 aromatic heterocycles. The number of nitrogens with zero attached hydrogens (tertiary/aromatic N) is 2. The molecule has 0 unspecified atom stereocenters. The fourth-order valence-electron chi connectivity index (χ4n) is 3.57. The van der Waals surface area contributed by atoms with E-state index in [2.05, 4.69) is 15.7 Å². The zero-order valence-corrected chi connectivity index (χ0v) is 17.3. The van der Waals surface area contributed by atoms with Gasteiger partial charge >= 0.3 is 6.18 Å². The van der Waals surface area contributed by atoms with E-state index in [1.54, 1.807) is 7.11 Å². The molecule has 0 aliphatic carbocycles. The van der Waals surface area contributed by atoms with E-state index in [1.165, 1.54) is 6.07 Å². The van der Waals surface area contributed by atoms with Crippen molar-refractivity contribution in [3.05, 3.63) is 41.6 Å². The predicted molar refractivity (Wildman–Crippen MR) is 108 cm³/mol. The predicted octanol–water partition coefficient (Wildman–Crippen LogP) is 4.34. The number of carbonyl (C=O) groups is 1. The minimum Gasteiger partial charge on any atom is -0.497 e. The second kappa shape index (κ2) is 8.97. The zero-order valence-electron chi connectivity index (χ0n) is 17.3. The Morgan fingerprint density at radius 3 is 2.67 bits per heavy atom. The third-order valence-corrected chi connectivity index (χ3v) is 5.40. The number of halogens is 3. The van der Waals surface area contributed by atoms with Crippen LogP contribution in [0.15, 0.2) is 30.3 Å². The summed E-state index contributed by atoms with van der Waals surface area (Å²) < 4.78 is 46.4. The lowest BCUT2D eigenvalue weighted by molar-refractivity contribution is -0.173. The third-order valence-electron chi connectivity index (χ3n) is 5.40. The van der Waals surface area contributed by atoms with Crippen molar-refractivity contribution in [2.24, 2.45) is 0 Å². The Balaban J connectivity index is 1.63. The second-order valence-corrected chi connectivity index (χ2v) is 7.66. The monoisotopic (exact) mass is 424 g/mol. The Morgan fingerprint density at radius 2 is 2.07 bits per heavy atom. The number of benzene rings is 1. The maximum atomic E-state index is 13.5. The lowest BCUT2D eigenvalue weighted by Gasteiger charge is -2.32. The van der Waals surface area contributed by atoms with Gasteiger partial charge in [-0.25, -0.2) is 4.68 Å². The molecule has 1 aromatic carbocycles. The van der Waals surface area contributed by atoms with Crippen molar-refractivity contribution < 1.29 is 22.7 Å². The summed E-state index contributed by atoms with van der Waals surface area (Å²) in [7, 11) is 1.61. The van der Waals surface area contributed by atoms with E-state index < -0.39 is 18.1 Å². The summed E-state index contributed by atoms with van der Waals surface area (Å²) in [6, 6.07) is 6.88. The Kier molecular flexibility index (Phi) is 6.58. The molecular formula is C21H27F3N4O2. The number of amides is 1. The van der Waals surface area contributed by atoms with Gasteiger partial charge < -0.3 is 15.4 Å². The van der Waals surface area contributed by atoms with Gasteiger partial charge in [0.1, 0.15) is 11.6 Å². The number of alkyl halides is 3. The molecule has 0 saturated carbocycles. The van der Waals surface area contributed by atoms with Crippen molar-refractivity contribution in [1.29, 1.82) is 0 Å². The summed E-state index contributed by atoms with van der Waals surface area (Å²) >= 11 is 0. The van der Waals surface area contributed by atoms with Crippen LogP contribution < -0.4 is 15.4 Å². The van der Waals surface area contributed by atoms with Crippen LogP contribution in [0.1, 0.15) is 55.2 Å². The maximum absolute atomic E-state index is 13.5. The highest BCUT2D eigenvalue weighted by atomic mass is 19.4. The number of ether oxygens (including phenoxy) is 1. The number of aryl methyl sites for hydroxylation is 1. The van der Waals surface area contributed by atoms with Crippen LogP contribution in [0.25, 0.3) is 0 Å². The molecule has 2 N–H and O–H groups in total. The van der Waals surface area contributed by atoms with Gasteiger partial charge in [-0.1, -0.05) is 19.1 Å². The van der Waals surface area contributed by atoms with Crippen LogP contribution in [0, 0.1) is 0 Å². The van der Waals surface area contributed by atoms with E-state index >= 15 is 0 Å². The molecule has 3 rings (SSSR count). The smallest absolute Gasteiger partial charge is 0.410 e. The highest BCUT2D eigenvalue weighted by Gasteiger charge is 2.46. The van der Waals surface area contributed by atoms with Crippen LogP contribution in [0.2, 0.25) is 0 Å². The van der Waals surface area contributed by atoms with E-state index in [0.29, 0.717) is 12.8 Å². The average molecular weight is 424 g/mol. The highest BCUT2D eigenvalue weighted by Crippen LogP contribution is 2.39. The van der Waals surface area contributed by atoms with Gasteiger partial charge in [0.05, 0.1) is 7.11 Å². The Labute approximate surface area is 173 Å². The van der Waals surface area contributed by atoms with Crippen LogP contribution in [0.5, 0.6) is 5.75 Å². The number of fused-ring (bicyclic) bond motifs is 1. The van der Waals surface area contributed by atoms with Gasteiger partial charge in [0.2, 0.25) is 0 Å². The van der Waals surface area contributed by atoms with Gasteiger partial charge in [-0.2, -0.15) is 18.3 Å². The van der Waals surface area contributed by atoms with Gasteiger partial charge in [0, 0.05) is 18.2 Å². The van der Waals surface area contributed by atoms with E-state index in [1.807, 2.05) is 38.1 Å². The van der Waals surface area contributed by atoms with Crippen LogP contribution in [-0.2, 0) is 6.42 Å². The average Bonchev–Trinajstić information content (AvgIpc) is 3.15. The number of aromatic nitrogens is 2. The molecule has 164 valence electrons. The minimum atomic E-state index is -4.42. The number of hydrogen-bond acceptors (Lipinski definition) is 4. The van der Waals surface area contributed by atoms with E-state index in [4.69, 9.17) is 4.74 Å². The van der Waals surface area contributed by atoms with Crippen molar-refractivity contribution >= 4 is 11.7 Å². The first-order valence-electron chi connectivity index (χ1n) is 10.1. The standard InChI is InChI=1S/C21H27F3N4O2/c1-4-15-11-18(21(22,23)24)28-19(26-15)12-17(27-28)20(29)25-13(2)5-6-14-7-9-16(30-3)10-8-14/h7-10,12-13,15,18,26H,4-6,11H2,1-3H3,(H,25,29)/t13-,15+,18+/m0/s1. The van der Waals surface area contributed by atoms with E-state index in [-0.39, 0.29) is 30.0 Å². The summed E-state index contributed by atoms with van der Waals surface area (Å²) in [6.45, 7) is 3.69. The third kappa shape index (κ3) is 5.06. The topological polar surface area (TPSA) is 68.2 Å². The van der Waals surface area contributed by atoms with Crippen LogP contribution >= 0.6 is 0 Å². The summed E-state index contributed by atoms with van der Waals surface area (Å²) in [5.74, 6) is 0.529. The largest absolute Gasteiger partial charge is 0.497 e. The lowest BCUT2D eigenvalue weighted by atomic mass is 10.0. The fourth-order valence-corrected chi connectivity index (χ4v) is 3.57. The number of anilines is 1. The first kappa shape index (κ1) is 22.0. The molecule has 1 aliphatic rings. The van der Waals surface area contributed by atoms with E-state index in [9.17, 15) is 18.0 Å². The minimum absolute atomic E-state index is 0.0141. The molecule has 0 bridgehead atoms. The van der Waals surface area contributed by atoms with Gasteiger partial charge in [0.25, 0.3) is 5.91 Å². The summed E-state index contributed by atoms with van der Waals surface area (Å²) in [5, 5.41) is 9.84. The fraction of sp³-hybridized carbons (Fsp3) is 0.524. The Bertz CT molecular complexity index is 864. The molecule has 6 nitrogen and oxygen atoms in total. The normalized spacial score (nSPS) is 19.5. The highest BCUT2D eigenvalue weighted by molar-refractivity contribution is 5.93. The number of methoxy groups -OCH3 is 1. The number of rotatable bonds is 7. The molecule has 9 heteroatoms. The van der Waals surface area contributed by atoms with Gasteiger partial charge in [-0.05, 0) is 50.3 Å². The zero-order chi connectivity index (χ0) is 21.9. The summed E-state index contributed by atoms with van der Waals surface area (Å²) in [5.41, 5.74) is 1.09. The molecule has 2 heterocycles. The van der Waals surface area contributed by atoms with Gasteiger partial charge in [0.15, 0.2) is 11.7 Å². The molecular weight excluding hydrogens is 397 g/mol. The Hall–Kier alpha value is -2.71. The maximum Gasteiger partial charge on any atom is 0.410 e. The first-order valence-corrected chi connectivity index (χ1v) is 10.1. The van der Waals surface area contributed by atoms with Crippen molar-refractivity contribution in [2.75, 3.05) is 12.4 Å². The molecule has 0 radical (unpaired) electrons. The number of carbonyl (C=O) groups excluding carboxylic acids is 1. The molecule has 0 saturated heterocycles. The molecule has 1 aliphatic heterocycles. The molecule has 2 aromatic rings. The van der Waals surface area contributed by atoms with Crippen molar-refractivity contribution in [1.82, 2.24) is 15.1 Å². The molecule has 0 fully saturated rings. The van der Waals surface area contributed by atoms with Gasteiger partial charge in [-0.15, -0.1) is 0 Å². The quantitative estimate of drug-likeness (QED) is 0.694. The van der Waals surface area contributed by atoms with Crippen LogP contribution in [0.3, 0.4) is 0 Å². The summed E-state index contributed by atoms with van der Waals surface area (Å²) in [4.78, 5) is 12.6. The Morgan fingerprint density at radius 1 is 1.37 bits per heavy atom. The van der Waals surface area contributed by atoms with E-state index in [0.717, 1.165) is 22.4 Å². The van der Waals surface area contributed by atoms with Crippen LogP contribution in [0.4, 0.5) is 19.0 Å². The molecule has 1 amide bonds. The van der Waals surface area contributed by atoms with Crippen molar-refractivity contribution in [2.45, 2.75) is 63.8 Å². The number of hydrogen-bond donors (Lipinski definition) is 2. The van der Waals surface area contributed by atoms with Gasteiger partial charge in [-0.3, -0.25) is 4.79 Å². The SMILES string of the molecule is CC[C@@H]1C[C@H](C(F)(F)F)n2nc(C(=O)N[C@@H](C)CCc3ccc(OC)cc3)cc2N1. The molecule has 0 spiro atoms. The summed E-state index contributed by atoms with van der Waals surface area (Å²) in [6.07, 6.45) is -2.53. The lowest BCUT2D eigenvalue weighted by Crippen LogP contribution is -2.39. The second-order valence-electron chi connectivity index (χ2n) is 7.66. The van der Waals surface area contributed by atoms with Crippen LogP contribution in [-0.4, -0.2) is 41.1 Å².